The molecule has 1 N–H and O–H groups in total. The van der Waals surface area contributed by atoms with Crippen LogP contribution in [0.1, 0.15) is 16.8 Å². The second-order valence-electron chi connectivity index (χ2n) is 5.04. The lowest BCUT2D eigenvalue weighted by Gasteiger charge is -2.11. The molecule has 2 heterocycles. The molecule has 3 rings (SSSR count). The van der Waals surface area contributed by atoms with E-state index in [4.69, 9.17) is 4.74 Å². The molecule has 0 saturated carbocycles. The number of amides is 1. The topological polar surface area (TPSA) is 51.2 Å². The van der Waals surface area contributed by atoms with Crippen molar-refractivity contribution < 1.29 is 18.3 Å². The van der Waals surface area contributed by atoms with E-state index in [9.17, 15) is 13.6 Å². The van der Waals surface area contributed by atoms with Crippen molar-refractivity contribution in [2.24, 2.45) is 0 Å². The summed E-state index contributed by atoms with van der Waals surface area (Å²) < 4.78 is 32.7. The van der Waals surface area contributed by atoms with Gasteiger partial charge in [0.15, 0.2) is 0 Å². The fourth-order valence-corrected chi connectivity index (χ4v) is 3.26. The summed E-state index contributed by atoms with van der Waals surface area (Å²) in [7, 11) is 0. The van der Waals surface area contributed by atoms with Gasteiger partial charge in [-0.1, -0.05) is 6.07 Å². The van der Waals surface area contributed by atoms with Gasteiger partial charge in [0, 0.05) is 18.0 Å². The molecule has 0 spiro atoms. The van der Waals surface area contributed by atoms with Crippen LogP contribution in [0, 0.1) is 11.6 Å². The quantitative estimate of drug-likeness (QED) is 0.928. The van der Waals surface area contributed by atoms with E-state index < -0.39 is 23.2 Å². The van der Waals surface area contributed by atoms with Gasteiger partial charge in [0.2, 0.25) is 5.88 Å². The molecular weight excluding hydrogens is 322 g/mol. The lowest BCUT2D eigenvalue weighted by molar-refractivity contribution is 0.102. The molecule has 2 aromatic rings. The van der Waals surface area contributed by atoms with Crippen molar-refractivity contribution in [3.05, 3.63) is 53.7 Å². The van der Waals surface area contributed by atoms with Gasteiger partial charge in [0.1, 0.15) is 23.4 Å². The lowest BCUT2D eigenvalue weighted by Crippen LogP contribution is -2.17. The molecule has 23 heavy (non-hydrogen) atoms. The Morgan fingerprint density at radius 2 is 2.04 bits per heavy atom. The van der Waals surface area contributed by atoms with Gasteiger partial charge in [-0.25, -0.2) is 13.8 Å². The molecule has 1 atom stereocenters. The van der Waals surface area contributed by atoms with E-state index in [2.05, 4.69) is 10.3 Å². The van der Waals surface area contributed by atoms with Crippen molar-refractivity contribution in [3.8, 4) is 5.88 Å². The smallest absolute Gasteiger partial charge is 0.257 e. The zero-order valence-electron chi connectivity index (χ0n) is 12.1. The average Bonchev–Trinajstić information content (AvgIpc) is 3.04. The Kier molecular flexibility index (Phi) is 4.76. The Morgan fingerprint density at radius 1 is 1.26 bits per heavy atom. The normalized spacial score (nSPS) is 17.0. The SMILES string of the molecule is O=C(Nc1c(F)cccc1F)c1ccc(OC2CCSC2)nc1. The highest BCUT2D eigenvalue weighted by molar-refractivity contribution is 7.99. The van der Waals surface area contributed by atoms with Gasteiger partial charge in [0.25, 0.3) is 5.91 Å². The minimum Gasteiger partial charge on any atom is -0.473 e. The second-order valence-corrected chi connectivity index (χ2v) is 6.19. The summed E-state index contributed by atoms with van der Waals surface area (Å²) in [5, 5.41) is 2.21. The number of ether oxygens (including phenoxy) is 1. The van der Waals surface area contributed by atoms with Crippen LogP contribution < -0.4 is 10.1 Å². The van der Waals surface area contributed by atoms with Crippen molar-refractivity contribution in [2.75, 3.05) is 16.8 Å². The van der Waals surface area contributed by atoms with Crippen LogP contribution in [0.15, 0.2) is 36.5 Å². The molecule has 1 aliphatic rings. The van der Waals surface area contributed by atoms with Gasteiger partial charge in [-0.3, -0.25) is 4.79 Å². The van der Waals surface area contributed by atoms with E-state index >= 15 is 0 Å². The van der Waals surface area contributed by atoms with Crippen LogP contribution >= 0.6 is 11.8 Å². The average molecular weight is 336 g/mol. The summed E-state index contributed by atoms with van der Waals surface area (Å²) >= 11 is 1.83. The molecule has 0 bridgehead atoms. The molecule has 1 saturated heterocycles. The standard InChI is InChI=1S/C16H14F2N2O2S/c17-12-2-1-3-13(18)15(12)20-16(21)10-4-5-14(19-8-10)22-11-6-7-23-9-11/h1-5,8,11H,6-7,9H2,(H,20,21). The van der Waals surface area contributed by atoms with Crippen molar-refractivity contribution in [1.29, 1.82) is 0 Å². The van der Waals surface area contributed by atoms with Gasteiger partial charge in [-0.05, 0) is 30.4 Å². The van der Waals surface area contributed by atoms with Crippen molar-refractivity contribution >= 4 is 23.4 Å². The summed E-state index contributed by atoms with van der Waals surface area (Å²) in [6, 6.07) is 6.48. The number of carbonyl (C=O) groups is 1. The van der Waals surface area contributed by atoms with E-state index in [0.717, 1.165) is 30.1 Å². The number of nitrogens with one attached hydrogen (secondary N) is 1. The largest absolute Gasteiger partial charge is 0.473 e. The molecule has 4 nitrogen and oxygen atoms in total. The monoisotopic (exact) mass is 336 g/mol. The maximum atomic E-state index is 13.5. The highest BCUT2D eigenvalue weighted by Gasteiger charge is 2.18. The third kappa shape index (κ3) is 3.79. The number of aromatic nitrogens is 1. The van der Waals surface area contributed by atoms with Gasteiger partial charge < -0.3 is 10.1 Å². The predicted molar refractivity (Wildman–Crippen MR) is 84.9 cm³/mol. The van der Waals surface area contributed by atoms with Crippen LogP contribution in [0.3, 0.4) is 0 Å². The van der Waals surface area contributed by atoms with Crippen molar-refractivity contribution in [1.82, 2.24) is 4.98 Å². The molecule has 0 radical (unpaired) electrons. The molecule has 1 amide bonds. The minimum atomic E-state index is -0.829. The first-order valence-electron chi connectivity index (χ1n) is 7.09. The van der Waals surface area contributed by atoms with E-state index in [0.29, 0.717) is 5.88 Å². The number of hydrogen-bond acceptors (Lipinski definition) is 4. The van der Waals surface area contributed by atoms with Crippen LogP contribution in [0.5, 0.6) is 5.88 Å². The maximum absolute atomic E-state index is 13.5. The van der Waals surface area contributed by atoms with Crippen LogP contribution in [0.4, 0.5) is 14.5 Å². The number of benzene rings is 1. The third-order valence-corrected chi connectivity index (χ3v) is 4.51. The number of carbonyl (C=O) groups excluding carboxylic acids is 1. The Hall–Kier alpha value is -2.15. The Morgan fingerprint density at radius 3 is 2.65 bits per heavy atom. The van der Waals surface area contributed by atoms with Crippen LogP contribution in [0.25, 0.3) is 0 Å². The van der Waals surface area contributed by atoms with Gasteiger partial charge in [-0.2, -0.15) is 11.8 Å². The first-order valence-corrected chi connectivity index (χ1v) is 8.25. The third-order valence-electron chi connectivity index (χ3n) is 3.38. The second kappa shape index (κ2) is 6.95. The zero-order chi connectivity index (χ0) is 16.2. The first-order chi connectivity index (χ1) is 11.1. The minimum absolute atomic E-state index is 0.139. The number of para-hydroxylation sites is 1. The van der Waals surface area contributed by atoms with Crippen molar-refractivity contribution in [2.45, 2.75) is 12.5 Å². The number of pyridine rings is 1. The Balaban J connectivity index is 1.67. The Bertz CT molecular complexity index is 683. The van der Waals surface area contributed by atoms with Crippen molar-refractivity contribution in [3.63, 3.8) is 0 Å². The number of hydrogen-bond donors (Lipinski definition) is 1. The molecule has 0 aliphatic carbocycles. The summed E-state index contributed by atoms with van der Waals surface area (Å²) in [4.78, 5) is 16.1. The van der Waals surface area contributed by atoms with Gasteiger partial charge in [-0.15, -0.1) is 0 Å². The highest BCUT2D eigenvalue weighted by atomic mass is 32.2. The summed E-state index contributed by atoms with van der Waals surface area (Å²) in [5.41, 5.74) is -0.276. The van der Waals surface area contributed by atoms with E-state index in [1.165, 1.54) is 18.3 Å². The Labute approximate surface area is 136 Å². The fourth-order valence-electron chi connectivity index (χ4n) is 2.16. The summed E-state index contributed by atoms with van der Waals surface area (Å²) in [6.07, 6.45) is 2.44. The maximum Gasteiger partial charge on any atom is 0.257 e. The zero-order valence-corrected chi connectivity index (χ0v) is 12.9. The molecule has 1 aliphatic heterocycles. The van der Waals surface area contributed by atoms with Crippen LogP contribution in [-0.2, 0) is 0 Å². The molecule has 120 valence electrons. The van der Waals surface area contributed by atoms with E-state index in [1.54, 1.807) is 6.07 Å². The number of anilines is 1. The lowest BCUT2D eigenvalue weighted by atomic mass is 10.2. The molecule has 1 aromatic carbocycles. The molecule has 1 fully saturated rings. The van der Waals surface area contributed by atoms with E-state index in [1.807, 2.05) is 11.8 Å². The number of rotatable bonds is 4. The highest BCUT2D eigenvalue weighted by Crippen LogP contribution is 2.22. The predicted octanol–water partition coefficient (Wildman–Crippen LogP) is 3.50. The summed E-state index contributed by atoms with van der Waals surface area (Å²) in [5.74, 6) is 0.140. The first kappa shape index (κ1) is 15.7. The number of nitrogens with zero attached hydrogens (tertiary/aromatic N) is 1. The molecule has 1 unspecified atom stereocenters. The van der Waals surface area contributed by atoms with Crippen LogP contribution in [-0.4, -0.2) is 28.5 Å². The molecule has 1 aromatic heterocycles. The van der Waals surface area contributed by atoms with Gasteiger partial charge in [0.05, 0.1) is 5.56 Å². The van der Waals surface area contributed by atoms with Crippen LogP contribution in [0.2, 0.25) is 0 Å². The van der Waals surface area contributed by atoms with Gasteiger partial charge >= 0.3 is 0 Å². The number of halogens is 2. The molecule has 7 heteroatoms. The fraction of sp³-hybridized carbons (Fsp3) is 0.250. The summed E-state index contributed by atoms with van der Waals surface area (Å²) in [6.45, 7) is 0. The number of thioether (sulfide) groups is 1. The molecular formula is C16H14F2N2O2S. The van der Waals surface area contributed by atoms with E-state index in [-0.39, 0.29) is 11.7 Å².